The van der Waals surface area contributed by atoms with E-state index in [1.165, 1.54) is 42.5 Å². The van der Waals surface area contributed by atoms with Gasteiger partial charge in [0.1, 0.15) is 0 Å². The van der Waals surface area contributed by atoms with Crippen LogP contribution in [0.4, 0.5) is 13.2 Å². The molecule has 2 aromatic carbocycles. The van der Waals surface area contributed by atoms with Crippen LogP contribution in [0.3, 0.4) is 0 Å². The molecule has 1 amide bonds. The SMILES string of the molecule is NC(=O)c1ccc(-c2ccccc2SS(=O)(=O)C(F)(F)F)cc1. The summed E-state index contributed by atoms with van der Waals surface area (Å²) in [5, 5.41) is 0. The van der Waals surface area contributed by atoms with Crippen molar-refractivity contribution in [1.82, 2.24) is 0 Å². The van der Waals surface area contributed by atoms with E-state index in [1.54, 1.807) is 6.07 Å². The first-order chi connectivity index (χ1) is 10.6. The minimum absolute atomic E-state index is 0.0587. The molecular weight excluding hydrogens is 351 g/mol. The Morgan fingerprint density at radius 1 is 1.00 bits per heavy atom. The summed E-state index contributed by atoms with van der Waals surface area (Å²) >= 11 is 0. The molecule has 2 aromatic rings. The summed E-state index contributed by atoms with van der Waals surface area (Å²) in [6.45, 7) is 0. The van der Waals surface area contributed by atoms with Crippen LogP contribution in [0.15, 0.2) is 53.4 Å². The number of amides is 1. The second kappa shape index (κ2) is 6.25. The smallest absolute Gasteiger partial charge is 0.366 e. The molecule has 23 heavy (non-hydrogen) atoms. The van der Waals surface area contributed by atoms with Gasteiger partial charge in [0.25, 0.3) is 0 Å². The van der Waals surface area contributed by atoms with E-state index in [2.05, 4.69) is 0 Å². The van der Waals surface area contributed by atoms with Crippen LogP contribution in [0.1, 0.15) is 10.4 Å². The van der Waals surface area contributed by atoms with E-state index < -0.39 is 20.3 Å². The molecule has 4 nitrogen and oxygen atoms in total. The molecule has 0 saturated carbocycles. The van der Waals surface area contributed by atoms with Crippen LogP contribution in [0.5, 0.6) is 0 Å². The Bertz CT molecular complexity index is 831. The van der Waals surface area contributed by atoms with Crippen molar-refractivity contribution in [2.75, 3.05) is 0 Å². The molecule has 2 rings (SSSR count). The summed E-state index contributed by atoms with van der Waals surface area (Å²) in [5.74, 6) is -0.640. The van der Waals surface area contributed by atoms with Gasteiger partial charge in [0, 0.05) is 21.3 Å². The zero-order valence-electron chi connectivity index (χ0n) is 11.4. The van der Waals surface area contributed by atoms with Gasteiger partial charge in [-0.3, -0.25) is 4.79 Å². The van der Waals surface area contributed by atoms with Crippen molar-refractivity contribution in [3.63, 3.8) is 0 Å². The largest absolute Gasteiger partial charge is 0.507 e. The fourth-order valence-corrected chi connectivity index (χ4v) is 3.93. The van der Waals surface area contributed by atoms with Crippen molar-refractivity contribution >= 4 is 25.6 Å². The number of hydrogen-bond acceptors (Lipinski definition) is 4. The zero-order chi connectivity index (χ0) is 17.3. The number of hydrogen-bond donors (Lipinski definition) is 1. The third-order valence-corrected chi connectivity index (χ3v) is 5.94. The van der Waals surface area contributed by atoms with Crippen LogP contribution in [0.25, 0.3) is 11.1 Å². The molecule has 0 fully saturated rings. The van der Waals surface area contributed by atoms with Gasteiger partial charge in [-0.1, -0.05) is 30.3 Å². The molecular formula is C14H10F3NO3S2. The Balaban J connectivity index is 2.44. The number of rotatable bonds is 4. The van der Waals surface area contributed by atoms with Gasteiger partial charge in [0.05, 0.1) is 0 Å². The molecule has 9 heteroatoms. The number of primary amides is 1. The second-order valence-electron chi connectivity index (χ2n) is 4.42. The standard InChI is InChI=1S/C14H10F3NO3S2/c15-14(16,17)23(20,21)22-12-4-2-1-3-11(12)9-5-7-10(8-6-9)13(18)19/h1-8H,(H2,18,19). The Hall–Kier alpha value is -2.00. The van der Waals surface area contributed by atoms with Crippen LogP contribution < -0.4 is 5.73 Å². The average molecular weight is 361 g/mol. The van der Waals surface area contributed by atoms with E-state index in [1.807, 2.05) is 0 Å². The van der Waals surface area contributed by atoms with Gasteiger partial charge >= 0.3 is 14.4 Å². The van der Waals surface area contributed by atoms with Crippen LogP contribution in [-0.2, 0) is 8.87 Å². The normalized spacial score (nSPS) is 12.1. The van der Waals surface area contributed by atoms with Crippen molar-refractivity contribution in [2.24, 2.45) is 5.73 Å². The second-order valence-corrected chi connectivity index (χ2v) is 8.22. The van der Waals surface area contributed by atoms with Crippen molar-refractivity contribution in [3.05, 3.63) is 54.1 Å². The molecule has 0 aliphatic heterocycles. The molecule has 0 unspecified atom stereocenters. The van der Waals surface area contributed by atoms with Gasteiger partial charge < -0.3 is 5.73 Å². The number of nitrogens with two attached hydrogens (primary N) is 1. The lowest BCUT2D eigenvalue weighted by atomic mass is 10.0. The molecule has 0 aliphatic carbocycles. The quantitative estimate of drug-likeness (QED) is 0.847. The van der Waals surface area contributed by atoms with E-state index in [-0.39, 0.29) is 21.3 Å². The lowest BCUT2D eigenvalue weighted by Gasteiger charge is -2.11. The first-order valence-corrected chi connectivity index (χ1v) is 8.93. The number of halogens is 3. The maximum absolute atomic E-state index is 12.5. The predicted octanol–water partition coefficient (Wildman–Crippen LogP) is 3.39. The van der Waals surface area contributed by atoms with E-state index >= 15 is 0 Å². The number of carbonyl (C=O) groups is 1. The summed E-state index contributed by atoms with van der Waals surface area (Å²) in [6, 6.07) is 11.6. The van der Waals surface area contributed by atoms with Crippen LogP contribution in [0.2, 0.25) is 0 Å². The molecule has 0 aromatic heterocycles. The van der Waals surface area contributed by atoms with Gasteiger partial charge in [-0.2, -0.15) is 13.2 Å². The summed E-state index contributed by atoms with van der Waals surface area (Å²) in [6.07, 6.45) is 0. The topological polar surface area (TPSA) is 77.2 Å². The van der Waals surface area contributed by atoms with Gasteiger partial charge in [-0.25, -0.2) is 8.42 Å². The lowest BCUT2D eigenvalue weighted by molar-refractivity contribution is -0.0410. The van der Waals surface area contributed by atoms with E-state index in [9.17, 15) is 26.4 Å². The molecule has 0 saturated heterocycles. The van der Waals surface area contributed by atoms with Crippen molar-refractivity contribution in [3.8, 4) is 11.1 Å². The summed E-state index contributed by atoms with van der Waals surface area (Å²) in [7, 11) is -5.62. The highest BCUT2D eigenvalue weighted by Crippen LogP contribution is 2.41. The molecule has 2 N–H and O–H groups in total. The van der Waals surface area contributed by atoms with Crippen LogP contribution >= 0.6 is 10.8 Å². The predicted molar refractivity (Wildman–Crippen MR) is 81.2 cm³/mol. The fraction of sp³-hybridized carbons (Fsp3) is 0.0714. The Morgan fingerprint density at radius 2 is 1.57 bits per heavy atom. The number of alkyl halides is 3. The maximum atomic E-state index is 12.5. The molecule has 0 spiro atoms. The van der Waals surface area contributed by atoms with Crippen molar-refractivity contribution < 1.29 is 26.4 Å². The molecule has 0 radical (unpaired) electrons. The lowest BCUT2D eigenvalue weighted by Crippen LogP contribution is -2.19. The minimum atomic E-state index is -5.36. The van der Waals surface area contributed by atoms with Crippen LogP contribution in [-0.4, -0.2) is 19.8 Å². The summed E-state index contributed by atoms with van der Waals surface area (Å²) in [4.78, 5) is 11.0. The molecule has 0 bridgehead atoms. The molecule has 0 aliphatic rings. The van der Waals surface area contributed by atoms with Gasteiger partial charge in [-0.05, 0) is 29.3 Å². The van der Waals surface area contributed by atoms with Gasteiger partial charge in [-0.15, -0.1) is 0 Å². The first-order valence-electron chi connectivity index (χ1n) is 6.12. The Kier molecular flexibility index (Phi) is 4.71. The van der Waals surface area contributed by atoms with E-state index in [0.717, 1.165) is 0 Å². The van der Waals surface area contributed by atoms with E-state index in [0.29, 0.717) is 11.1 Å². The highest BCUT2D eigenvalue weighted by atomic mass is 33.1. The molecule has 122 valence electrons. The maximum Gasteiger partial charge on any atom is 0.507 e. The van der Waals surface area contributed by atoms with E-state index in [4.69, 9.17) is 5.73 Å². The van der Waals surface area contributed by atoms with Crippen LogP contribution in [0, 0.1) is 0 Å². The summed E-state index contributed by atoms with van der Waals surface area (Å²) in [5.41, 5.74) is 0.782. The highest BCUT2D eigenvalue weighted by Gasteiger charge is 2.46. The number of benzene rings is 2. The minimum Gasteiger partial charge on any atom is -0.366 e. The number of carbonyl (C=O) groups excluding carboxylic acids is 1. The third kappa shape index (κ3) is 3.85. The van der Waals surface area contributed by atoms with Gasteiger partial charge in [0.2, 0.25) is 5.91 Å². The Labute approximate surface area is 133 Å². The fourth-order valence-electron chi connectivity index (χ4n) is 1.76. The third-order valence-electron chi connectivity index (χ3n) is 2.85. The summed E-state index contributed by atoms with van der Waals surface area (Å²) < 4.78 is 60.3. The molecule has 0 heterocycles. The zero-order valence-corrected chi connectivity index (χ0v) is 13.0. The molecule has 0 atom stereocenters. The average Bonchev–Trinajstić information content (AvgIpc) is 2.46. The highest BCUT2D eigenvalue weighted by molar-refractivity contribution is 8.72. The van der Waals surface area contributed by atoms with Gasteiger partial charge in [0.15, 0.2) is 0 Å². The van der Waals surface area contributed by atoms with Crippen molar-refractivity contribution in [1.29, 1.82) is 0 Å². The first kappa shape index (κ1) is 17.4. The van der Waals surface area contributed by atoms with Crippen molar-refractivity contribution in [2.45, 2.75) is 10.4 Å². The monoisotopic (exact) mass is 361 g/mol. The Morgan fingerprint density at radius 3 is 2.09 bits per heavy atom.